The van der Waals surface area contributed by atoms with Crippen LogP contribution in [0.1, 0.15) is 5.56 Å². The van der Waals surface area contributed by atoms with E-state index in [9.17, 15) is 0 Å². The molecule has 7 nitrogen and oxygen atoms in total. The van der Waals surface area contributed by atoms with Gasteiger partial charge in [0.05, 0.1) is 12.7 Å². The summed E-state index contributed by atoms with van der Waals surface area (Å²) in [7, 11) is 0. The van der Waals surface area contributed by atoms with E-state index in [0.717, 1.165) is 45.2 Å². The Bertz CT molecular complexity index is 642. The number of anilines is 1. The van der Waals surface area contributed by atoms with Crippen LogP contribution in [0.4, 0.5) is 5.95 Å². The molecule has 0 spiro atoms. The Morgan fingerprint density at radius 3 is 2.46 bits per heavy atom. The third-order valence-electron chi connectivity index (χ3n) is 5.01. The molecule has 2 aromatic heterocycles. The smallest absolute Gasteiger partial charge is 0.225 e. The molecule has 0 radical (unpaired) electrons. The van der Waals surface area contributed by atoms with Crippen LogP contribution in [-0.4, -0.2) is 81.4 Å². The maximum Gasteiger partial charge on any atom is 0.225 e. The van der Waals surface area contributed by atoms with Gasteiger partial charge < -0.3 is 4.90 Å². The second-order valence-electron chi connectivity index (χ2n) is 6.77. The van der Waals surface area contributed by atoms with Crippen LogP contribution in [0.5, 0.6) is 0 Å². The molecular formula is C17H25N7. The summed E-state index contributed by atoms with van der Waals surface area (Å²) < 4.78 is 2.04. The zero-order valence-electron chi connectivity index (χ0n) is 14.3. The van der Waals surface area contributed by atoms with E-state index in [2.05, 4.69) is 42.9 Å². The van der Waals surface area contributed by atoms with Crippen LogP contribution in [0.2, 0.25) is 0 Å². The highest BCUT2D eigenvalue weighted by atomic mass is 15.4. The van der Waals surface area contributed by atoms with Crippen molar-refractivity contribution in [2.24, 2.45) is 0 Å². The van der Waals surface area contributed by atoms with Crippen molar-refractivity contribution in [3.05, 3.63) is 36.4 Å². The summed E-state index contributed by atoms with van der Waals surface area (Å²) in [6.45, 7) is 10.8. The van der Waals surface area contributed by atoms with Gasteiger partial charge in [-0.3, -0.25) is 14.5 Å². The quantitative estimate of drug-likeness (QED) is 0.797. The normalized spacial score (nSPS) is 20.3. The second-order valence-corrected chi connectivity index (χ2v) is 6.77. The summed E-state index contributed by atoms with van der Waals surface area (Å²) >= 11 is 0. The fourth-order valence-electron chi connectivity index (χ4n) is 3.53. The zero-order chi connectivity index (χ0) is 16.4. The summed E-state index contributed by atoms with van der Waals surface area (Å²) in [5, 5.41) is 4.35. The first-order chi connectivity index (χ1) is 11.8. The molecular weight excluding hydrogens is 302 g/mol. The van der Waals surface area contributed by atoms with Gasteiger partial charge in [0, 0.05) is 70.4 Å². The van der Waals surface area contributed by atoms with Gasteiger partial charge in [-0.05, 0) is 18.6 Å². The van der Waals surface area contributed by atoms with Gasteiger partial charge in [0.1, 0.15) is 0 Å². The van der Waals surface area contributed by atoms with Crippen molar-refractivity contribution in [1.29, 1.82) is 0 Å². The minimum Gasteiger partial charge on any atom is -0.338 e. The summed E-state index contributed by atoms with van der Waals surface area (Å²) in [6, 6.07) is 2.58. The summed E-state index contributed by atoms with van der Waals surface area (Å²) in [5.74, 6) is 0.863. The van der Waals surface area contributed by atoms with Crippen molar-refractivity contribution in [1.82, 2.24) is 29.5 Å². The van der Waals surface area contributed by atoms with Crippen molar-refractivity contribution in [3.8, 4) is 0 Å². The molecule has 2 aliphatic rings. The standard InChI is InChI=1S/C17H25N7/c1-15-11-20-24(12-15)10-5-21-13-16(14-21)22-6-8-23(9-7-22)17-18-3-2-4-19-17/h2-4,11-12,16H,5-10,13-14H2,1H3. The van der Waals surface area contributed by atoms with Crippen LogP contribution in [0.15, 0.2) is 30.9 Å². The maximum absolute atomic E-state index is 4.35. The molecule has 0 saturated carbocycles. The van der Waals surface area contributed by atoms with E-state index in [1.165, 1.54) is 18.7 Å². The molecule has 0 bridgehead atoms. The van der Waals surface area contributed by atoms with Crippen LogP contribution in [0.3, 0.4) is 0 Å². The molecule has 0 aromatic carbocycles. The van der Waals surface area contributed by atoms with E-state index in [4.69, 9.17) is 0 Å². The Morgan fingerprint density at radius 2 is 1.79 bits per heavy atom. The highest BCUT2D eigenvalue weighted by Gasteiger charge is 2.33. The van der Waals surface area contributed by atoms with E-state index in [0.29, 0.717) is 6.04 Å². The minimum absolute atomic E-state index is 0.711. The van der Waals surface area contributed by atoms with Gasteiger partial charge in [-0.1, -0.05) is 0 Å². The fourth-order valence-corrected chi connectivity index (χ4v) is 3.53. The van der Waals surface area contributed by atoms with Crippen LogP contribution >= 0.6 is 0 Å². The molecule has 4 heterocycles. The van der Waals surface area contributed by atoms with E-state index in [1.54, 1.807) is 0 Å². The van der Waals surface area contributed by atoms with E-state index >= 15 is 0 Å². The molecule has 0 unspecified atom stereocenters. The Balaban J connectivity index is 1.18. The van der Waals surface area contributed by atoms with Gasteiger partial charge in [-0.25, -0.2) is 9.97 Å². The Kier molecular flexibility index (Phi) is 4.44. The SMILES string of the molecule is Cc1cnn(CCN2CC(N3CCN(c4ncccn4)CC3)C2)c1. The number of aryl methyl sites for hydroxylation is 1. The van der Waals surface area contributed by atoms with Crippen molar-refractivity contribution in [2.75, 3.05) is 50.7 Å². The van der Waals surface area contributed by atoms with Crippen molar-refractivity contribution >= 4 is 5.95 Å². The van der Waals surface area contributed by atoms with E-state index in [-0.39, 0.29) is 0 Å². The van der Waals surface area contributed by atoms with Gasteiger partial charge >= 0.3 is 0 Å². The molecule has 2 aliphatic heterocycles. The summed E-state index contributed by atoms with van der Waals surface area (Å²) in [4.78, 5) is 16.1. The van der Waals surface area contributed by atoms with Gasteiger partial charge in [0.25, 0.3) is 0 Å². The minimum atomic E-state index is 0.711. The number of piperazine rings is 1. The number of aromatic nitrogens is 4. The van der Waals surface area contributed by atoms with Crippen LogP contribution in [-0.2, 0) is 6.54 Å². The number of nitrogens with zero attached hydrogens (tertiary/aromatic N) is 7. The summed E-state index contributed by atoms with van der Waals surface area (Å²) in [5.41, 5.74) is 1.23. The van der Waals surface area contributed by atoms with Crippen molar-refractivity contribution in [2.45, 2.75) is 19.5 Å². The van der Waals surface area contributed by atoms with Gasteiger partial charge in [0.15, 0.2) is 0 Å². The fraction of sp³-hybridized carbons (Fsp3) is 0.588. The largest absolute Gasteiger partial charge is 0.338 e. The predicted octanol–water partition coefficient (Wildman–Crippen LogP) is 0.488. The molecule has 4 rings (SSSR count). The van der Waals surface area contributed by atoms with E-state index in [1.807, 2.05) is 29.3 Å². The third-order valence-corrected chi connectivity index (χ3v) is 5.01. The van der Waals surface area contributed by atoms with Gasteiger partial charge in [-0.15, -0.1) is 0 Å². The topological polar surface area (TPSA) is 53.3 Å². The third kappa shape index (κ3) is 3.42. The first kappa shape index (κ1) is 15.5. The number of hydrogen-bond acceptors (Lipinski definition) is 6. The monoisotopic (exact) mass is 327 g/mol. The molecule has 2 saturated heterocycles. The lowest BCUT2D eigenvalue weighted by atomic mass is 10.1. The molecule has 2 fully saturated rings. The van der Waals surface area contributed by atoms with Gasteiger partial charge in [0.2, 0.25) is 5.95 Å². The Labute approximate surface area is 142 Å². The lowest BCUT2D eigenvalue weighted by Gasteiger charge is -2.48. The average Bonchev–Trinajstić information content (AvgIpc) is 3.00. The first-order valence-electron chi connectivity index (χ1n) is 8.75. The van der Waals surface area contributed by atoms with Crippen molar-refractivity contribution in [3.63, 3.8) is 0 Å². The van der Waals surface area contributed by atoms with E-state index < -0.39 is 0 Å². The van der Waals surface area contributed by atoms with Crippen molar-refractivity contribution < 1.29 is 0 Å². The van der Waals surface area contributed by atoms with Crippen LogP contribution in [0.25, 0.3) is 0 Å². The molecule has 7 heteroatoms. The molecule has 128 valence electrons. The molecule has 0 N–H and O–H groups in total. The number of rotatable bonds is 5. The second kappa shape index (κ2) is 6.86. The molecule has 0 aliphatic carbocycles. The van der Waals surface area contributed by atoms with Crippen LogP contribution in [0, 0.1) is 6.92 Å². The molecule has 2 aromatic rings. The lowest BCUT2D eigenvalue weighted by Crippen LogP contribution is -2.63. The lowest BCUT2D eigenvalue weighted by molar-refractivity contribution is 0.0281. The zero-order valence-corrected chi connectivity index (χ0v) is 14.3. The molecule has 0 amide bonds. The number of likely N-dealkylation sites (tertiary alicyclic amines) is 1. The highest BCUT2D eigenvalue weighted by molar-refractivity contribution is 5.29. The predicted molar refractivity (Wildman–Crippen MR) is 93.0 cm³/mol. The highest BCUT2D eigenvalue weighted by Crippen LogP contribution is 2.18. The molecule has 0 atom stereocenters. The maximum atomic E-state index is 4.35. The Morgan fingerprint density at radius 1 is 1.04 bits per heavy atom. The Hall–Kier alpha value is -1.99. The van der Waals surface area contributed by atoms with Gasteiger partial charge in [-0.2, -0.15) is 5.10 Å². The molecule has 24 heavy (non-hydrogen) atoms. The average molecular weight is 327 g/mol. The number of hydrogen-bond donors (Lipinski definition) is 0. The summed E-state index contributed by atoms with van der Waals surface area (Å²) in [6.07, 6.45) is 7.68. The van der Waals surface area contributed by atoms with Crippen LogP contribution < -0.4 is 4.90 Å². The first-order valence-corrected chi connectivity index (χ1v) is 8.75.